The zero-order valence-corrected chi connectivity index (χ0v) is 14.4. The highest BCUT2D eigenvalue weighted by atomic mass is 16.5. The predicted molar refractivity (Wildman–Crippen MR) is 89.0 cm³/mol. The molecule has 0 amide bonds. The summed E-state index contributed by atoms with van der Waals surface area (Å²) in [7, 11) is 1.93. The first-order valence-corrected chi connectivity index (χ1v) is 7.85. The second-order valence-electron chi connectivity index (χ2n) is 7.06. The van der Waals surface area contributed by atoms with E-state index in [-0.39, 0.29) is 18.1 Å². The molecule has 1 aromatic rings. The minimum absolute atomic E-state index is 0.0276. The molecule has 0 aromatic heterocycles. The molecule has 1 atom stereocenters. The lowest BCUT2D eigenvalue weighted by Gasteiger charge is -2.26. The molecule has 1 rings (SSSR count). The zero-order chi connectivity index (χ0) is 16.0. The molecule has 0 aliphatic carbocycles. The van der Waals surface area contributed by atoms with E-state index in [0.29, 0.717) is 12.3 Å². The van der Waals surface area contributed by atoms with E-state index in [0.717, 1.165) is 12.4 Å². The summed E-state index contributed by atoms with van der Waals surface area (Å²) < 4.78 is 5.98. The van der Waals surface area contributed by atoms with Gasteiger partial charge in [0.2, 0.25) is 0 Å². The second kappa shape index (κ2) is 7.81. The molecule has 0 heterocycles. The summed E-state index contributed by atoms with van der Waals surface area (Å²) >= 11 is 0. The van der Waals surface area contributed by atoms with E-state index < -0.39 is 0 Å². The SMILES string of the molecule is CNC(CCO)c1ccc(OCC(C)C)c(C(C)(C)C)c1. The zero-order valence-electron chi connectivity index (χ0n) is 14.4. The Kier molecular flexibility index (Phi) is 6.69. The lowest BCUT2D eigenvalue weighted by atomic mass is 9.84. The van der Waals surface area contributed by atoms with Crippen molar-refractivity contribution in [2.45, 2.75) is 52.5 Å². The van der Waals surface area contributed by atoms with Crippen LogP contribution in [-0.4, -0.2) is 25.4 Å². The van der Waals surface area contributed by atoms with Crippen molar-refractivity contribution in [3.63, 3.8) is 0 Å². The van der Waals surface area contributed by atoms with Crippen LogP contribution in [0, 0.1) is 5.92 Å². The maximum atomic E-state index is 9.19. The Balaban J connectivity index is 3.12. The minimum Gasteiger partial charge on any atom is -0.493 e. The van der Waals surface area contributed by atoms with Crippen LogP contribution in [0.4, 0.5) is 0 Å². The first kappa shape index (κ1) is 18.0. The summed E-state index contributed by atoms with van der Waals surface area (Å²) in [5.74, 6) is 1.48. The van der Waals surface area contributed by atoms with Crippen molar-refractivity contribution in [2.24, 2.45) is 5.92 Å². The van der Waals surface area contributed by atoms with E-state index in [4.69, 9.17) is 4.74 Å². The molecule has 3 nitrogen and oxygen atoms in total. The average Bonchev–Trinajstić information content (AvgIpc) is 2.41. The fourth-order valence-corrected chi connectivity index (χ4v) is 2.34. The molecular formula is C18H31NO2. The monoisotopic (exact) mass is 293 g/mol. The molecule has 0 radical (unpaired) electrons. The Labute approximate surface area is 129 Å². The van der Waals surface area contributed by atoms with Crippen LogP contribution >= 0.6 is 0 Å². The summed E-state index contributed by atoms with van der Waals surface area (Å²) in [6.07, 6.45) is 0.715. The van der Waals surface area contributed by atoms with Gasteiger partial charge < -0.3 is 15.2 Å². The number of aliphatic hydroxyl groups excluding tert-OH is 1. The van der Waals surface area contributed by atoms with E-state index in [9.17, 15) is 5.11 Å². The highest BCUT2D eigenvalue weighted by Gasteiger charge is 2.21. The number of benzene rings is 1. The van der Waals surface area contributed by atoms with Crippen molar-refractivity contribution in [1.29, 1.82) is 0 Å². The maximum absolute atomic E-state index is 9.19. The van der Waals surface area contributed by atoms with Gasteiger partial charge in [0, 0.05) is 12.6 Å². The van der Waals surface area contributed by atoms with Crippen LogP contribution in [0.25, 0.3) is 0 Å². The number of ether oxygens (including phenoxy) is 1. The van der Waals surface area contributed by atoms with Gasteiger partial charge in [-0.2, -0.15) is 0 Å². The highest BCUT2D eigenvalue weighted by Crippen LogP contribution is 2.34. The van der Waals surface area contributed by atoms with Gasteiger partial charge in [-0.05, 0) is 42.0 Å². The molecule has 3 heteroatoms. The normalized spacial score (nSPS) is 13.5. The Bertz CT molecular complexity index is 435. The predicted octanol–water partition coefficient (Wildman–Crippen LogP) is 3.66. The molecule has 0 bridgehead atoms. The molecule has 0 saturated carbocycles. The van der Waals surface area contributed by atoms with Crippen molar-refractivity contribution in [2.75, 3.05) is 20.3 Å². The Morgan fingerprint density at radius 1 is 1.24 bits per heavy atom. The molecule has 0 aliphatic heterocycles. The number of nitrogens with one attached hydrogen (secondary N) is 1. The van der Waals surface area contributed by atoms with Gasteiger partial charge in [0.25, 0.3) is 0 Å². The Morgan fingerprint density at radius 2 is 1.90 bits per heavy atom. The van der Waals surface area contributed by atoms with E-state index in [1.165, 1.54) is 11.1 Å². The summed E-state index contributed by atoms with van der Waals surface area (Å²) in [4.78, 5) is 0. The van der Waals surface area contributed by atoms with Gasteiger partial charge in [-0.15, -0.1) is 0 Å². The van der Waals surface area contributed by atoms with Crippen molar-refractivity contribution in [3.8, 4) is 5.75 Å². The van der Waals surface area contributed by atoms with Crippen LogP contribution < -0.4 is 10.1 Å². The van der Waals surface area contributed by atoms with Gasteiger partial charge in [-0.3, -0.25) is 0 Å². The van der Waals surface area contributed by atoms with Crippen LogP contribution in [-0.2, 0) is 5.41 Å². The molecule has 2 N–H and O–H groups in total. The average molecular weight is 293 g/mol. The lowest BCUT2D eigenvalue weighted by molar-refractivity contribution is 0.263. The van der Waals surface area contributed by atoms with Crippen LogP contribution in [0.3, 0.4) is 0 Å². The van der Waals surface area contributed by atoms with E-state index in [1.54, 1.807) is 0 Å². The third-order valence-electron chi connectivity index (χ3n) is 3.55. The van der Waals surface area contributed by atoms with Crippen LogP contribution in [0.1, 0.15) is 58.2 Å². The smallest absolute Gasteiger partial charge is 0.123 e. The Hall–Kier alpha value is -1.06. The molecular weight excluding hydrogens is 262 g/mol. The molecule has 0 spiro atoms. The van der Waals surface area contributed by atoms with Gasteiger partial charge in [-0.1, -0.05) is 46.8 Å². The first-order valence-electron chi connectivity index (χ1n) is 7.85. The van der Waals surface area contributed by atoms with Gasteiger partial charge in [0.1, 0.15) is 5.75 Å². The third-order valence-corrected chi connectivity index (χ3v) is 3.55. The summed E-state index contributed by atoms with van der Waals surface area (Å²) in [6, 6.07) is 6.56. The molecule has 21 heavy (non-hydrogen) atoms. The molecule has 120 valence electrons. The summed E-state index contributed by atoms with van der Waals surface area (Å²) in [5.41, 5.74) is 2.45. The number of hydrogen-bond acceptors (Lipinski definition) is 3. The number of rotatable bonds is 7. The van der Waals surface area contributed by atoms with Crippen molar-refractivity contribution in [1.82, 2.24) is 5.32 Å². The van der Waals surface area contributed by atoms with Gasteiger partial charge >= 0.3 is 0 Å². The van der Waals surface area contributed by atoms with Crippen molar-refractivity contribution >= 4 is 0 Å². The van der Waals surface area contributed by atoms with Crippen molar-refractivity contribution < 1.29 is 9.84 Å². The maximum Gasteiger partial charge on any atom is 0.123 e. The van der Waals surface area contributed by atoms with Gasteiger partial charge in [-0.25, -0.2) is 0 Å². The van der Waals surface area contributed by atoms with Crippen LogP contribution in [0.5, 0.6) is 5.75 Å². The fraction of sp³-hybridized carbons (Fsp3) is 0.667. The van der Waals surface area contributed by atoms with E-state index in [1.807, 2.05) is 7.05 Å². The van der Waals surface area contributed by atoms with Crippen molar-refractivity contribution in [3.05, 3.63) is 29.3 Å². The third kappa shape index (κ3) is 5.33. The molecule has 1 unspecified atom stereocenters. The molecule has 1 aromatic carbocycles. The molecule has 0 aliphatic rings. The second-order valence-corrected chi connectivity index (χ2v) is 7.06. The van der Waals surface area contributed by atoms with Gasteiger partial charge in [0.05, 0.1) is 6.61 Å². The standard InChI is InChI=1S/C18H31NO2/c1-13(2)12-21-17-8-7-14(16(19-6)9-10-20)11-15(17)18(3,4)5/h7-8,11,13,16,19-20H,9-10,12H2,1-6H3. The number of aliphatic hydroxyl groups is 1. The largest absolute Gasteiger partial charge is 0.493 e. The molecule has 0 saturated heterocycles. The minimum atomic E-state index is 0.0276. The fourth-order valence-electron chi connectivity index (χ4n) is 2.34. The quantitative estimate of drug-likeness (QED) is 0.806. The first-order chi connectivity index (χ1) is 9.79. The molecule has 0 fully saturated rings. The number of hydrogen-bond donors (Lipinski definition) is 2. The highest BCUT2D eigenvalue weighted by molar-refractivity contribution is 5.42. The van der Waals surface area contributed by atoms with Crippen LogP contribution in [0.15, 0.2) is 18.2 Å². The van der Waals surface area contributed by atoms with E-state index in [2.05, 4.69) is 58.1 Å². The summed E-state index contributed by atoms with van der Waals surface area (Å²) in [5, 5.41) is 12.5. The van der Waals surface area contributed by atoms with E-state index >= 15 is 0 Å². The topological polar surface area (TPSA) is 41.5 Å². The summed E-state index contributed by atoms with van der Waals surface area (Å²) in [6.45, 7) is 11.8. The van der Waals surface area contributed by atoms with Crippen LogP contribution in [0.2, 0.25) is 0 Å². The van der Waals surface area contributed by atoms with Gasteiger partial charge in [0.15, 0.2) is 0 Å². The Morgan fingerprint density at radius 3 is 2.38 bits per heavy atom. The lowest BCUT2D eigenvalue weighted by Crippen LogP contribution is -2.20.